The summed E-state index contributed by atoms with van der Waals surface area (Å²) in [6.45, 7) is 8.84. The topological polar surface area (TPSA) is 65.5 Å². The molecule has 6 nitrogen and oxygen atoms in total. The van der Waals surface area contributed by atoms with Crippen molar-refractivity contribution in [1.82, 2.24) is 20.1 Å². The number of hydrogen-bond donors (Lipinski definition) is 1. The summed E-state index contributed by atoms with van der Waals surface area (Å²) >= 11 is 0. The van der Waals surface area contributed by atoms with E-state index < -0.39 is 0 Å². The maximum atomic E-state index is 13.4. The van der Waals surface area contributed by atoms with E-state index >= 15 is 0 Å². The van der Waals surface area contributed by atoms with Crippen molar-refractivity contribution in [2.24, 2.45) is 0 Å². The van der Waals surface area contributed by atoms with Gasteiger partial charge in [-0.2, -0.15) is 0 Å². The van der Waals surface area contributed by atoms with Crippen molar-refractivity contribution in [2.75, 3.05) is 26.2 Å². The zero-order valence-electron chi connectivity index (χ0n) is 17.5. The SMILES string of the molecule is CC(C)c1cc(C(=O)N2CCN(C(C)C(=O)NC3CC3)CC2)c2ccccc2n1. The number of piperazine rings is 1. The van der Waals surface area contributed by atoms with Gasteiger partial charge in [0.2, 0.25) is 5.91 Å². The number of fused-ring (bicyclic) bond motifs is 1. The fourth-order valence-electron chi connectivity index (χ4n) is 3.87. The van der Waals surface area contributed by atoms with Gasteiger partial charge in [-0.3, -0.25) is 19.5 Å². The van der Waals surface area contributed by atoms with E-state index in [-0.39, 0.29) is 23.8 Å². The van der Waals surface area contributed by atoms with Crippen LogP contribution in [0.3, 0.4) is 0 Å². The first kappa shape index (κ1) is 19.8. The molecule has 2 heterocycles. The average molecular weight is 395 g/mol. The number of amides is 2. The molecule has 1 aliphatic heterocycles. The lowest BCUT2D eigenvalue weighted by atomic mass is 10.0. The molecule has 4 rings (SSSR count). The summed E-state index contributed by atoms with van der Waals surface area (Å²) in [4.78, 5) is 34.5. The number of aromatic nitrogens is 1. The lowest BCUT2D eigenvalue weighted by Gasteiger charge is -2.37. The Labute approximate surface area is 172 Å². The molecular weight excluding hydrogens is 364 g/mol. The Morgan fingerprint density at radius 1 is 1.07 bits per heavy atom. The zero-order valence-corrected chi connectivity index (χ0v) is 17.5. The standard InChI is InChI=1S/C23H30N4O2/c1-15(2)21-14-19(18-6-4-5-7-20(18)25-21)23(29)27-12-10-26(11-13-27)16(3)22(28)24-17-8-9-17/h4-7,14-17H,8-13H2,1-3H3,(H,24,28). The monoisotopic (exact) mass is 394 g/mol. The second-order valence-corrected chi connectivity index (χ2v) is 8.55. The largest absolute Gasteiger partial charge is 0.352 e. The summed E-state index contributed by atoms with van der Waals surface area (Å²) in [5.74, 6) is 0.419. The number of nitrogens with one attached hydrogen (secondary N) is 1. The molecule has 1 saturated heterocycles. The van der Waals surface area contributed by atoms with Gasteiger partial charge >= 0.3 is 0 Å². The van der Waals surface area contributed by atoms with Crippen LogP contribution in [0.25, 0.3) is 10.9 Å². The van der Waals surface area contributed by atoms with Gasteiger partial charge in [-0.15, -0.1) is 0 Å². The molecule has 2 aromatic rings. The molecule has 2 amide bonds. The van der Waals surface area contributed by atoms with E-state index in [1.54, 1.807) is 0 Å². The Kier molecular flexibility index (Phi) is 5.54. The van der Waals surface area contributed by atoms with Gasteiger partial charge in [0.15, 0.2) is 0 Å². The molecule has 0 spiro atoms. The number of hydrogen-bond acceptors (Lipinski definition) is 4. The lowest BCUT2D eigenvalue weighted by molar-refractivity contribution is -0.126. The molecule has 2 aliphatic rings. The van der Waals surface area contributed by atoms with Gasteiger partial charge in [-0.1, -0.05) is 32.0 Å². The molecule has 1 atom stereocenters. The Hall–Kier alpha value is -2.47. The van der Waals surface area contributed by atoms with Crippen LogP contribution in [-0.4, -0.2) is 64.9 Å². The summed E-state index contributed by atoms with van der Waals surface area (Å²) in [7, 11) is 0. The number of carbonyl (C=O) groups is 2. The molecule has 1 unspecified atom stereocenters. The Bertz CT molecular complexity index is 914. The van der Waals surface area contributed by atoms with E-state index in [9.17, 15) is 9.59 Å². The van der Waals surface area contributed by atoms with Crippen LogP contribution in [0.1, 0.15) is 55.6 Å². The van der Waals surface area contributed by atoms with E-state index in [4.69, 9.17) is 4.98 Å². The molecule has 6 heteroatoms. The highest BCUT2D eigenvalue weighted by molar-refractivity contribution is 6.06. The zero-order chi connectivity index (χ0) is 20.5. The third-order valence-corrected chi connectivity index (χ3v) is 6.01. The van der Waals surface area contributed by atoms with Gasteiger partial charge in [-0.25, -0.2) is 0 Å². The van der Waals surface area contributed by atoms with Crippen molar-refractivity contribution in [2.45, 2.75) is 51.6 Å². The molecule has 1 aromatic carbocycles. The highest BCUT2D eigenvalue weighted by atomic mass is 16.2. The minimum absolute atomic E-state index is 0.0558. The Morgan fingerprint density at radius 2 is 1.76 bits per heavy atom. The van der Waals surface area contributed by atoms with Gasteiger partial charge in [-0.05, 0) is 37.8 Å². The summed E-state index contributed by atoms with van der Waals surface area (Å²) in [6.07, 6.45) is 2.19. The van der Waals surface area contributed by atoms with Crippen LogP contribution >= 0.6 is 0 Å². The number of nitrogens with zero attached hydrogens (tertiary/aromatic N) is 3. The van der Waals surface area contributed by atoms with E-state index in [0.29, 0.717) is 32.2 Å². The maximum absolute atomic E-state index is 13.4. The summed E-state index contributed by atoms with van der Waals surface area (Å²) in [6, 6.07) is 10.0. The van der Waals surface area contributed by atoms with Crippen molar-refractivity contribution < 1.29 is 9.59 Å². The fraction of sp³-hybridized carbons (Fsp3) is 0.522. The number of carbonyl (C=O) groups excluding carboxylic acids is 2. The van der Waals surface area contributed by atoms with Crippen LogP contribution in [0.15, 0.2) is 30.3 Å². The number of pyridine rings is 1. The number of para-hydroxylation sites is 1. The van der Waals surface area contributed by atoms with Crippen molar-refractivity contribution in [3.8, 4) is 0 Å². The maximum Gasteiger partial charge on any atom is 0.254 e. The van der Waals surface area contributed by atoms with Crippen LogP contribution in [0.2, 0.25) is 0 Å². The first-order valence-corrected chi connectivity index (χ1v) is 10.7. The first-order chi connectivity index (χ1) is 13.9. The summed E-state index contributed by atoms with van der Waals surface area (Å²) < 4.78 is 0. The third kappa shape index (κ3) is 4.27. The average Bonchev–Trinajstić information content (AvgIpc) is 3.56. The minimum atomic E-state index is -0.151. The van der Waals surface area contributed by atoms with E-state index in [2.05, 4.69) is 24.1 Å². The predicted octanol–water partition coefficient (Wildman–Crippen LogP) is 2.78. The highest BCUT2D eigenvalue weighted by Gasteiger charge is 2.31. The van der Waals surface area contributed by atoms with Gasteiger partial charge < -0.3 is 10.2 Å². The van der Waals surface area contributed by atoms with Crippen LogP contribution in [0.5, 0.6) is 0 Å². The van der Waals surface area contributed by atoms with Crippen LogP contribution < -0.4 is 5.32 Å². The van der Waals surface area contributed by atoms with Crippen molar-refractivity contribution in [3.63, 3.8) is 0 Å². The van der Waals surface area contributed by atoms with Crippen molar-refractivity contribution in [3.05, 3.63) is 41.6 Å². The molecule has 0 radical (unpaired) electrons. The molecule has 1 saturated carbocycles. The molecule has 154 valence electrons. The smallest absolute Gasteiger partial charge is 0.254 e. The summed E-state index contributed by atoms with van der Waals surface area (Å²) in [5.41, 5.74) is 2.54. The fourth-order valence-corrected chi connectivity index (χ4v) is 3.87. The quantitative estimate of drug-likeness (QED) is 0.847. The van der Waals surface area contributed by atoms with Gasteiger partial charge in [0.25, 0.3) is 5.91 Å². The molecule has 0 bridgehead atoms. The molecular formula is C23H30N4O2. The van der Waals surface area contributed by atoms with E-state index in [1.807, 2.05) is 42.2 Å². The number of benzene rings is 1. The highest BCUT2D eigenvalue weighted by Crippen LogP contribution is 2.24. The molecule has 1 N–H and O–H groups in total. The third-order valence-electron chi connectivity index (χ3n) is 6.01. The minimum Gasteiger partial charge on any atom is -0.352 e. The molecule has 2 fully saturated rings. The van der Waals surface area contributed by atoms with Gasteiger partial charge in [0, 0.05) is 43.3 Å². The van der Waals surface area contributed by atoms with Gasteiger partial charge in [0.1, 0.15) is 0 Å². The van der Waals surface area contributed by atoms with Crippen LogP contribution in [-0.2, 0) is 4.79 Å². The number of rotatable bonds is 5. The van der Waals surface area contributed by atoms with E-state index in [1.165, 1.54) is 0 Å². The molecule has 29 heavy (non-hydrogen) atoms. The normalized spacial score (nSPS) is 18.8. The van der Waals surface area contributed by atoms with Gasteiger partial charge in [0.05, 0.1) is 17.1 Å². The summed E-state index contributed by atoms with van der Waals surface area (Å²) in [5, 5.41) is 3.98. The molecule has 1 aliphatic carbocycles. The Balaban J connectivity index is 1.47. The van der Waals surface area contributed by atoms with E-state index in [0.717, 1.165) is 35.0 Å². The Morgan fingerprint density at radius 3 is 2.41 bits per heavy atom. The second-order valence-electron chi connectivity index (χ2n) is 8.55. The second kappa shape index (κ2) is 8.11. The van der Waals surface area contributed by atoms with Crippen molar-refractivity contribution >= 4 is 22.7 Å². The lowest BCUT2D eigenvalue weighted by Crippen LogP contribution is -2.55. The van der Waals surface area contributed by atoms with Crippen LogP contribution in [0.4, 0.5) is 0 Å². The van der Waals surface area contributed by atoms with Crippen LogP contribution in [0, 0.1) is 0 Å². The predicted molar refractivity (Wildman–Crippen MR) is 114 cm³/mol. The van der Waals surface area contributed by atoms with Crippen molar-refractivity contribution in [1.29, 1.82) is 0 Å². The molecule has 1 aromatic heterocycles. The first-order valence-electron chi connectivity index (χ1n) is 10.7.